The lowest BCUT2D eigenvalue weighted by atomic mass is 9.81. The molecule has 1 aromatic carbocycles. The van der Waals surface area contributed by atoms with Gasteiger partial charge in [-0.3, -0.25) is 0 Å². The van der Waals surface area contributed by atoms with Crippen LogP contribution in [0.15, 0.2) is 48.1 Å². The third kappa shape index (κ3) is 2.78. The fraction of sp³-hybridized carbons (Fsp3) is 0.500. The molecule has 0 aromatic heterocycles. The zero-order chi connectivity index (χ0) is 15.8. The number of rotatable bonds is 4. The Morgan fingerprint density at radius 1 is 1.30 bits per heavy atom. The summed E-state index contributed by atoms with van der Waals surface area (Å²) in [6, 6.07) is 10.3. The highest BCUT2D eigenvalue weighted by Crippen LogP contribution is 2.52. The van der Waals surface area contributed by atoms with Crippen molar-refractivity contribution in [3.05, 3.63) is 53.6 Å². The van der Waals surface area contributed by atoms with Gasteiger partial charge in [0.15, 0.2) is 5.79 Å². The Morgan fingerprint density at radius 2 is 2.17 bits per heavy atom. The molecule has 1 aliphatic carbocycles. The second-order valence-corrected chi connectivity index (χ2v) is 6.87. The number of hydrogen-bond acceptors (Lipinski definition) is 3. The summed E-state index contributed by atoms with van der Waals surface area (Å²) in [6.45, 7) is 3.33. The minimum Gasteiger partial charge on any atom is -0.370 e. The molecule has 0 amide bonds. The summed E-state index contributed by atoms with van der Waals surface area (Å²) in [6.07, 6.45) is 10.8. The first kappa shape index (κ1) is 15.1. The largest absolute Gasteiger partial charge is 0.370 e. The van der Waals surface area contributed by atoms with Gasteiger partial charge >= 0.3 is 0 Å². The molecule has 3 nitrogen and oxygen atoms in total. The fourth-order valence-electron chi connectivity index (χ4n) is 4.08. The lowest BCUT2D eigenvalue weighted by Crippen LogP contribution is -2.40. The molecule has 0 saturated carbocycles. The number of allylic oxidation sites excluding steroid dienone is 1. The van der Waals surface area contributed by atoms with Gasteiger partial charge in [-0.25, -0.2) is 0 Å². The molecule has 3 aliphatic rings. The van der Waals surface area contributed by atoms with E-state index in [0.717, 1.165) is 25.9 Å². The van der Waals surface area contributed by atoms with Crippen LogP contribution in [0, 0.1) is 0 Å². The highest BCUT2D eigenvalue weighted by Gasteiger charge is 2.60. The van der Waals surface area contributed by atoms with Gasteiger partial charge in [0, 0.05) is 6.42 Å². The van der Waals surface area contributed by atoms with Gasteiger partial charge in [-0.2, -0.15) is 0 Å². The minimum atomic E-state index is -0.553. The first-order valence-electron chi connectivity index (χ1n) is 8.57. The molecule has 122 valence electrons. The Balaban J connectivity index is 1.40. The molecule has 3 heteroatoms. The molecule has 0 N–H and O–H groups in total. The van der Waals surface area contributed by atoms with E-state index in [4.69, 9.17) is 14.2 Å². The average Bonchev–Trinajstić information content (AvgIpc) is 3.03. The highest BCUT2D eigenvalue weighted by atomic mass is 16.7. The molecule has 2 heterocycles. The predicted molar refractivity (Wildman–Crippen MR) is 89.9 cm³/mol. The van der Waals surface area contributed by atoms with Crippen molar-refractivity contribution in [1.29, 1.82) is 0 Å². The van der Waals surface area contributed by atoms with Crippen molar-refractivity contribution in [2.24, 2.45) is 0 Å². The summed E-state index contributed by atoms with van der Waals surface area (Å²) in [5, 5.41) is 0. The molecule has 0 bridgehead atoms. The van der Waals surface area contributed by atoms with Crippen molar-refractivity contribution in [3.8, 4) is 0 Å². The quantitative estimate of drug-likeness (QED) is 0.783. The van der Waals surface area contributed by atoms with Gasteiger partial charge < -0.3 is 14.2 Å². The van der Waals surface area contributed by atoms with E-state index in [1.165, 1.54) is 17.6 Å². The molecule has 3 atom stereocenters. The minimum absolute atomic E-state index is 0.150. The van der Waals surface area contributed by atoms with Crippen LogP contribution in [-0.4, -0.2) is 30.7 Å². The molecule has 1 spiro atoms. The second-order valence-electron chi connectivity index (χ2n) is 6.87. The molecule has 0 radical (unpaired) electrons. The lowest BCUT2D eigenvalue weighted by Gasteiger charge is -2.34. The summed E-state index contributed by atoms with van der Waals surface area (Å²) in [4.78, 5) is 0. The summed E-state index contributed by atoms with van der Waals surface area (Å²) in [5.41, 5.74) is 2.31. The van der Waals surface area contributed by atoms with Crippen LogP contribution in [-0.2, 0) is 14.2 Å². The van der Waals surface area contributed by atoms with E-state index in [-0.39, 0.29) is 11.7 Å². The van der Waals surface area contributed by atoms with E-state index >= 15 is 0 Å². The zero-order valence-electron chi connectivity index (χ0n) is 13.7. The van der Waals surface area contributed by atoms with Crippen LogP contribution in [0.2, 0.25) is 0 Å². The van der Waals surface area contributed by atoms with Gasteiger partial charge in [-0.1, -0.05) is 48.6 Å². The SMILES string of the molecule is C[C@@]1(OC/C=C/c2ccccc2)C[C@@H]2OCC3=CCCC[C@]32O1. The summed E-state index contributed by atoms with van der Waals surface area (Å²) in [5.74, 6) is -0.553. The monoisotopic (exact) mass is 312 g/mol. The van der Waals surface area contributed by atoms with Crippen molar-refractivity contribution in [1.82, 2.24) is 0 Å². The summed E-state index contributed by atoms with van der Waals surface area (Å²) >= 11 is 0. The number of hydrogen-bond donors (Lipinski definition) is 0. The third-order valence-corrected chi connectivity index (χ3v) is 5.20. The van der Waals surface area contributed by atoms with Gasteiger partial charge in [0.05, 0.1) is 19.3 Å². The maximum absolute atomic E-state index is 6.47. The van der Waals surface area contributed by atoms with Crippen LogP contribution >= 0.6 is 0 Å². The Kier molecular flexibility index (Phi) is 3.88. The molecule has 4 rings (SSSR count). The maximum atomic E-state index is 6.47. The van der Waals surface area contributed by atoms with Crippen molar-refractivity contribution in [3.63, 3.8) is 0 Å². The van der Waals surface area contributed by atoms with Crippen LogP contribution in [0.3, 0.4) is 0 Å². The van der Waals surface area contributed by atoms with Gasteiger partial charge in [-0.15, -0.1) is 0 Å². The zero-order valence-corrected chi connectivity index (χ0v) is 13.7. The smallest absolute Gasteiger partial charge is 0.169 e. The average molecular weight is 312 g/mol. The Morgan fingerprint density at radius 3 is 3.04 bits per heavy atom. The lowest BCUT2D eigenvalue weighted by molar-refractivity contribution is -0.229. The van der Waals surface area contributed by atoms with Crippen molar-refractivity contribution in [2.45, 2.75) is 50.1 Å². The second kappa shape index (κ2) is 5.90. The maximum Gasteiger partial charge on any atom is 0.169 e. The van der Waals surface area contributed by atoms with Crippen molar-refractivity contribution >= 4 is 6.08 Å². The van der Waals surface area contributed by atoms with E-state index in [0.29, 0.717) is 6.61 Å². The molecule has 1 aromatic rings. The van der Waals surface area contributed by atoms with Gasteiger partial charge in [0.1, 0.15) is 5.60 Å². The van der Waals surface area contributed by atoms with Crippen LogP contribution in [0.1, 0.15) is 38.2 Å². The highest BCUT2D eigenvalue weighted by molar-refractivity contribution is 5.48. The van der Waals surface area contributed by atoms with Crippen LogP contribution < -0.4 is 0 Å². The van der Waals surface area contributed by atoms with E-state index in [1.54, 1.807) is 0 Å². The van der Waals surface area contributed by atoms with Gasteiger partial charge in [0.2, 0.25) is 0 Å². The Labute approximate surface area is 137 Å². The molecule has 23 heavy (non-hydrogen) atoms. The van der Waals surface area contributed by atoms with Gasteiger partial charge in [0.25, 0.3) is 0 Å². The molecule has 2 fully saturated rings. The molecule has 0 unspecified atom stereocenters. The van der Waals surface area contributed by atoms with Crippen LogP contribution in [0.5, 0.6) is 0 Å². The standard InChI is InChI=1S/C20H24O3/c1-19(22-13-7-10-16-8-3-2-4-9-16)14-18-20(23-19)12-6-5-11-17(20)15-21-18/h2-4,7-11,18H,5-6,12-15H2,1H3/b10-7+/t18-,19-,20-/m0/s1. The molecular weight excluding hydrogens is 288 g/mol. The van der Waals surface area contributed by atoms with Crippen molar-refractivity contribution < 1.29 is 14.2 Å². The van der Waals surface area contributed by atoms with Crippen LogP contribution in [0.25, 0.3) is 6.08 Å². The third-order valence-electron chi connectivity index (χ3n) is 5.20. The van der Waals surface area contributed by atoms with E-state index in [1.807, 2.05) is 31.2 Å². The normalized spacial score (nSPS) is 36.0. The Hall–Kier alpha value is -1.42. The molecular formula is C20H24O3. The van der Waals surface area contributed by atoms with E-state index in [2.05, 4.69) is 24.3 Å². The van der Waals surface area contributed by atoms with Gasteiger partial charge in [-0.05, 0) is 37.3 Å². The van der Waals surface area contributed by atoms with E-state index in [9.17, 15) is 0 Å². The summed E-state index contributed by atoms with van der Waals surface area (Å²) in [7, 11) is 0. The number of benzene rings is 1. The number of ether oxygens (including phenoxy) is 3. The first-order chi connectivity index (χ1) is 11.2. The van der Waals surface area contributed by atoms with Crippen molar-refractivity contribution in [2.75, 3.05) is 13.2 Å². The topological polar surface area (TPSA) is 27.7 Å². The van der Waals surface area contributed by atoms with E-state index < -0.39 is 5.79 Å². The fourth-order valence-corrected chi connectivity index (χ4v) is 4.08. The summed E-state index contributed by atoms with van der Waals surface area (Å²) < 4.78 is 18.5. The molecule has 2 aliphatic heterocycles. The predicted octanol–water partition coefficient (Wildman–Crippen LogP) is 4.10. The Bertz CT molecular complexity index is 621. The molecule has 2 saturated heterocycles. The first-order valence-corrected chi connectivity index (χ1v) is 8.57. The van der Waals surface area contributed by atoms with Crippen LogP contribution in [0.4, 0.5) is 0 Å².